The third-order valence-corrected chi connectivity index (χ3v) is 5.34. The van der Waals surface area contributed by atoms with E-state index in [2.05, 4.69) is 0 Å². The Morgan fingerprint density at radius 3 is 2.03 bits per heavy atom. The van der Waals surface area contributed by atoms with Crippen molar-refractivity contribution >= 4 is 22.1 Å². The molecule has 2 atom stereocenters. The number of carbonyl (C=O) groups excluding carboxylic acids is 2. The van der Waals surface area contributed by atoms with Crippen LogP contribution in [0.15, 0.2) is 18.2 Å². The summed E-state index contributed by atoms with van der Waals surface area (Å²) in [6.07, 6.45) is 0.455. The molecular weight excluding hydrogens is 446 g/mol. The van der Waals surface area contributed by atoms with Crippen molar-refractivity contribution < 1.29 is 31.7 Å². The van der Waals surface area contributed by atoms with Crippen LogP contribution in [0.1, 0.15) is 78.5 Å². The molecule has 9 heteroatoms. The normalized spacial score (nSPS) is 14.3. The van der Waals surface area contributed by atoms with Crippen LogP contribution < -0.4 is 10.5 Å². The lowest BCUT2D eigenvalue weighted by Gasteiger charge is -2.33. The Bertz CT molecular complexity index is 917. The monoisotopic (exact) mass is 485 g/mol. The van der Waals surface area contributed by atoms with Crippen molar-refractivity contribution in [2.24, 2.45) is 23.0 Å². The standard InChI is InChI=1S/C24H39NO7S/c1-15(2)11-20(26)30-14-18-13-17(9-10-19(18)31-21(27)12-16(3)4)22(32-33(8,28)29)23(25)24(5,6)7/h9-10,13,15-16,22-23H,11-12,14,25H2,1-8H3. The minimum Gasteiger partial charge on any atom is -0.461 e. The third-order valence-electron chi connectivity index (χ3n) is 4.78. The number of benzene rings is 1. The number of rotatable bonds is 11. The maximum Gasteiger partial charge on any atom is 0.311 e. The summed E-state index contributed by atoms with van der Waals surface area (Å²) >= 11 is 0. The van der Waals surface area contributed by atoms with Crippen molar-refractivity contribution in [3.05, 3.63) is 29.3 Å². The van der Waals surface area contributed by atoms with E-state index in [-0.39, 0.29) is 43.0 Å². The largest absolute Gasteiger partial charge is 0.461 e. The molecule has 0 aliphatic heterocycles. The van der Waals surface area contributed by atoms with E-state index in [4.69, 9.17) is 19.4 Å². The van der Waals surface area contributed by atoms with Crippen LogP contribution in [0.3, 0.4) is 0 Å². The van der Waals surface area contributed by atoms with Gasteiger partial charge in [-0.15, -0.1) is 0 Å². The van der Waals surface area contributed by atoms with Crippen molar-refractivity contribution in [2.75, 3.05) is 6.26 Å². The van der Waals surface area contributed by atoms with E-state index in [9.17, 15) is 18.0 Å². The molecule has 0 spiro atoms. The molecule has 2 unspecified atom stereocenters. The molecule has 2 N–H and O–H groups in total. The van der Waals surface area contributed by atoms with Gasteiger partial charge >= 0.3 is 11.9 Å². The fourth-order valence-electron chi connectivity index (χ4n) is 3.00. The zero-order chi connectivity index (χ0) is 25.6. The number of esters is 2. The summed E-state index contributed by atoms with van der Waals surface area (Å²) in [5, 5.41) is 0. The maximum atomic E-state index is 12.3. The second-order valence-electron chi connectivity index (χ2n) is 10.3. The van der Waals surface area contributed by atoms with Crippen LogP contribution in [-0.2, 0) is 35.2 Å². The summed E-state index contributed by atoms with van der Waals surface area (Å²) in [6, 6.07) is 4.10. The van der Waals surface area contributed by atoms with Crippen molar-refractivity contribution in [1.29, 1.82) is 0 Å². The summed E-state index contributed by atoms with van der Waals surface area (Å²) < 4.78 is 40.1. The Kier molecular flexibility index (Phi) is 10.5. The molecule has 33 heavy (non-hydrogen) atoms. The van der Waals surface area contributed by atoms with Crippen LogP contribution in [0.4, 0.5) is 0 Å². The van der Waals surface area contributed by atoms with Crippen molar-refractivity contribution in [1.82, 2.24) is 0 Å². The second kappa shape index (κ2) is 11.9. The highest BCUT2D eigenvalue weighted by Crippen LogP contribution is 2.35. The average Bonchev–Trinajstić information content (AvgIpc) is 2.62. The molecule has 0 saturated heterocycles. The van der Waals surface area contributed by atoms with Gasteiger partial charge in [0.15, 0.2) is 0 Å². The minimum atomic E-state index is -3.82. The van der Waals surface area contributed by atoms with E-state index in [0.29, 0.717) is 11.1 Å². The summed E-state index contributed by atoms with van der Waals surface area (Å²) in [7, 11) is -3.82. The van der Waals surface area contributed by atoms with Gasteiger partial charge < -0.3 is 15.2 Å². The molecule has 0 aliphatic carbocycles. The smallest absolute Gasteiger partial charge is 0.311 e. The Labute approximate surface area is 198 Å². The van der Waals surface area contributed by atoms with Gasteiger partial charge in [0.25, 0.3) is 10.1 Å². The van der Waals surface area contributed by atoms with E-state index in [0.717, 1.165) is 6.26 Å². The molecule has 0 heterocycles. The van der Waals surface area contributed by atoms with Gasteiger partial charge in [0, 0.05) is 24.4 Å². The summed E-state index contributed by atoms with van der Waals surface area (Å²) in [5.41, 5.74) is 6.80. The minimum absolute atomic E-state index is 0.112. The van der Waals surface area contributed by atoms with Crippen molar-refractivity contribution in [2.45, 2.75) is 80.1 Å². The van der Waals surface area contributed by atoms with Crippen LogP contribution in [0.2, 0.25) is 0 Å². The number of ether oxygens (including phenoxy) is 2. The Balaban J connectivity index is 3.38. The predicted molar refractivity (Wildman–Crippen MR) is 127 cm³/mol. The number of hydrogen-bond donors (Lipinski definition) is 1. The van der Waals surface area contributed by atoms with Crippen LogP contribution in [-0.4, -0.2) is 32.7 Å². The van der Waals surface area contributed by atoms with Gasteiger partial charge in [-0.2, -0.15) is 8.42 Å². The molecule has 1 rings (SSSR count). The zero-order valence-electron chi connectivity index (χ0n) is 21.0. The first-order valence-electron chi connectivity index (χ1n) is 11.1. The van der Waals surface area contributed by atoms with Gasteiger partial charge in [0.1, 0.15) is 18.5 Å². The Morgan fingerprint density at radius 2 is 1.55 bits per heavy atom. The predicted octanol–water partition coefficient (Wildman–Crippen LogP) is 4.12. The molecule has 0 fully saturated rings. The van der Waals surface area contributed by atoms with Gasteiger partial charge in [0.05, 0.1) is 6.26 Å². The van der Waals surface area contributed by atoms with Crippen molar-refractivity contribution in [3.63, 3.8) is 0 Å². The third kappa shape index (κ3) is 10.7. The highest BCUT2D eigenvalue weighted by atomic mass is 32.2. The van der Waals surface area contributed by atoms with Gasteiger partial charge in [-0.3, -0.25) is 13.8 Å². The van der Waals surface area contributed by atoms with Crippen LogP contribution in [0, 0.1) is 17.3 Å². The first-order valence-corrected chi connectivity index (χ1v) is 12.9. The number of nitrogens with two attached hydrogens (primary N) is 1. The molecule has 0 saturated carbocycles. The van der Waals surface area contributed by atoms with Gasteiger partial charge in [-0.05, 0) is 34.9 Å². The van der Waals surface area contributed by atoms with E-state index in [1.807, 2.05) is 48.5 Å². The molecule has 1 aromatic carbocycles. The van der Waals surface area contributed by atoms with Gasteiger partial charge in [0.2, 0.25) is 0 Å². The molecule has 0 aliphatic rings. The van der Waals surface area contributed by atoms with E-state index < -0.39 is 33.6 Å². The SMILES string of the molecule is CC(C)CC(=O)OCc1cc(C(OS(C)(=O)=O)C(N)C(C)(C)C)ccc1OC(=O)CC(C)C. The lowest BCUT2D eigenvalue weighted by Crippen LogP contribution is -2.42. The fourth-order valence-corrected chi connectivity index (χ4v) is 3.61. The van der Waals surface area contributed by atoms with E-state index >= 15 is 0 Å². The molecule has 1 aromatic rings. The molecule has 0 radical (unpaired) electrons. The molecule has 0 aromatic heterocycles. The number of carbonyl (C=O) groups is 2. The Hall–Kier alpha value is -1.97. The first kappa shape index (κ1) is 29.1. The van der Waals surface area contributed by atoms with Gasteiger partial charge in [-0.25, -0.2) is 0 Å². The lowest BCUT2D eigenvalue weighted by atomic mass is 9.81. The van der Waals surface area contributed by atoms with Crippen LogP contribution >= 0.6 is 0 Å². The molecule has 188 valence electrons. The number of hydrogen-bond acceptors (Lipinski definition) is 8. The molecular formula is C24H39NO7S. The highest BCUT2D eigenvalue weighted by Gasteiger charge is 2.34. The molecule has 8 nitrogen and oxygen atoms in total. The molecule has 0 bridgehead atoms. The quantitative estimate of drug-likeness (QED) is 0.282. The van der Waals surface area contributed by atoms with Crippen molar-refractivity contribution in [3.8, 4) is 5.75 Å². The van der Waals surface area contributed by atoms with Gasteiger partial charge in [-0.1, -0.05) is 54.5 Å². The zero-order valence-corrected chi connectivity index (χ0v) is 21.8. The summed E-state index contributed by atoms with van der Waals surface area (Å²) in [4.78, 5) is 24.3. The summed E-state index contributed by atoms with van der Waals surface area (Å²) in [5.74, 6) is -0.317. The average molecular weight is 486 g/mol. The topological polar surface area (TPSA) is 122 Å². The lowest BCUT2D eigenvalue weighted by molar-refractivity contribution is -0.145. The Morgan fingerprint density at radius 1 is 1.00 bits per heavy atom. The van der Waals surface area contributed by atoms with Crippen LogP contribution in [0.25, 0.3) is 0 Å². The fraction of sp³-hybridized carbons (Fsp3) is 0.667. The summed E-state index contributed by atoms with van der Waals surface area (Å²) in [6.45, 7) is 13.1. The highest BCUT2D eigenvalue weighted by molar-refractivity contribution is 7.86. The maximum absolute atomic E-state index is 12.3. The first-order chi connectivity index (χ1) is 15.0. The van der Waals surface area contributed by atoms with E-state index in [1.54, 1.807) is 18.2 Å². The van der Waals surface area contributed by atoms with E-state index in [1.165, 1.54) is 0 Å². The van der Waals surface area contributed by atoms with Crippen LogP contribution in [0.5, 0.6) is 5.75 Å². The molecule has 0 amide bonds. The second-order valence-corrected chi connectivity index (χ2v) is 11.9.